The van der Waals surface area contributed by atoms with Crippen LogP contribution in [0.3, 0.4) is 0 Å². The van der Waals surface area contributed by atoms with Crippen molar-refractivity contribution in [2.24, 2.45) is 0 Å². The Hall–Kier alpha value is -2.08. The van der Waals surface area contributed by atoms with Gasteiger partial charge in [0.15, 0.2) is 0 Å². The van der Waals surface area contributed by atoms with Crippen molar-refractivity contribution >= 4 is 18.9 Å². The number of benzene rings is 1. The molecular weight excluding hydrogens is 371 g/mol. The highest BCUT2D eigenvalue weighted by atomic mass is 31.2. The Kier molecular flexibility index (Phi) is 6.52. The van der Waals surface area contributed by atoms with Gasteiger partial charge in [-0.25, -0.2) is 4.79 Å². The molecule has 0 unspecified atom stereocenters. The summed E-state index contributed by atoms with van der Waals surface area (Å²) in [4.78, 5) is 12.2. The van der Waals surface area contributed by atoms with E-state index in [0.717, 1.165) is 0 Å². The minimum atomic E-state index is -3.48. The van der Waals surface area contributed by atoms with Crippen molar-refractivity contribution in [3.8, 4) is 17.1 Å². The molecule has 0 saturated heterocycles. The first-order valence-electron chi connectivity index (χ1n) is 8.45. The van der Waals surface area contributed by atoms with Crippen molar-refractivity contribution in [3.63, 3.8) is 0 Å². The third kappa shape index (κ3) is 5.22. The van der Waals surface area contributed by atoms with Gasteiger partial charge in [-0.15, -0.1) is 0 Å². The Morgan fingerprint density at radius 3 is 2.33 bits per heavy atom. The molecule has 0 aliphatic heterocycles. The lowest BCUT2D eigenvalue weighted by Crippen LogP contribution is -2.23. The van der Waals surface area contributed by atoms with Crippen molar-refractivity contribution < 1.29 is 32.3 Å². The molecule has 148 valence electrons. The molecule has 1 heterocycles. The van der Waals surface area contributed by atoms with Crippen molar-refractivity contribution in [2.75, 3.05) is 20.8 Å². The van der Waals surface area contributed by atoms with E-state index in [9.17, 15) is 9.36 Å². The zero-order chi connectivity index (χ0) is 20.2. The number of carbonyl (C=O) groups is 1. The Morgan fingerprint density at radius 2 is 1.78 bits per heavy atom. The molecule has 2 aromatic rings. The molecule has 0 aliphatic carbocycles. The highest BCUT2D eigenvalue weighted by Crippen LogP contribution is 2.46. The number of ether oxygens (including phenoxy) is 2. The Labute approximate surface area is 159 Å². The smallest absolute Gasteiger partial charge is 0.374 e. The van der Waals surface area contributed by atoms with Crippen LogP contribution in [-0.2, 0) is 18.3 Å². The topological polar surface area (TPSA) is 84.2 Å². The van der Waals surface area contributed by atoms with Crippen LogP contribution in [0.2, 0.25) is 0 Å². The van der Waals surface area contributed by atoms with E-state index in [1.807, 2.05) is 6.92 Å². The molecule has 27 heavy (non-hydrogen) atoms. The summed E-state index contributed by atoms with van der Waals surface area (Å²) in [7, 11) is -0.864. The normalized spacial score (nSPS) is 12.1. The third-order valence-corrected chi connectivity index (χ3v) is 5.34. The number of hydrogen-bond donors (Lipinski definition) is 0. The lowest BCUT2D eigenvalue weighted by Gasteiger charge is -2.18. The van der Waals surface area contributed by atoms with E-state index in [2.05, 4.69) is 0 Å². The van der Waals surface area contributed by atoms with Crippen LogP contribution in [0.15, 0.2) is 34.7 Å². The van der Waals surface area contributed by atoms with Crippen LogP contribution in [0.5, 0.6) is 5.75 Å². The number of hydrogen-bond acceptors (Lipinski definition) is 7. The van der Waals surface area contributed by atoms with Crippen molar-refractivity contribution in [3.05, 3.63) is 36.1 Å². The average molecular weight is 396 g/mol. The fraction of sp³-hybridized carbons (Fsp3) is 0.421. The van der Waals surface area contributed by atoms with Gasteiger partial charge in [-0.1, -0.05) is 0 Å². The summed E-state index contributed by atoms with van der Waals surface area (Å²) >= 11 is 0. The standard InChI is InChI=1S/C19H25O7P/c1-7-24-14-10-13(11-15(12-14)27(21,22-5)23-6)16-8-9-17(25-16)18(20)26-19(2,3)4/h8-12H,7H2,1-6H3. The second-order valence-electron chi connectivity index (χ2n) is 6.68. The molecular formula is C19H25O7P. The molecule has 0 N–H and O–H groups in total. The Balaban J connectivity index is 2.45. The summed E-state index contributed by atoms with van der Waals surface area (Å²) in [5, 5.41) is 0.323. The Bertz CT molecular complexity index is 840. The van der Waals surface area contributed by atoms with Gasteiger partial charge in [0.1, 0.15) is 17.1 Å². The zero-order valence-electron chi connectivity index (χ0n) is 16.4. The van der Waals surface area contributed by atoms with E-state index in [4.69, 9.17) is 22.9 Å². The predicted octanol–water partition coefficient (Wildman–Crippen LogP) is 4.41. The monoisotopic (exact) mass is 396 g/mol. The van der Waals surface area contributed by atoms with E-state index < -0.39 is 19.2 Å². The first-order valence-corrected chi connectivity index (χ1v) is 9.99. The lowest BCUT2D eigenvalue weighted by atomic mass is 10.1. The predicted molar refractivity (Wildman–Crippen MR) is 102 cm³/mol. The summed E-state index contributed by atoms with van der Waals surface area (Å²) in [6.07, 6.45) is 0. The van der Waals surface area contributed by atoms with Crippen LogP contribution in [0, 0.1) is 0 Å². The third-order valence-electron chi connectivity index (χ3n) is 3.49. The van der Waals surface area contributed by atoms with Gasteiger partial charge in [0.25, 0.3) is 0 Å². The fourth-order valence-corrected chi connectivity index (χ4v) is 3.50. The molecule has 0 radical (unpaired) electrons. The number of furan rings is 1. The maximum atomic E-state index is 12.8. The summed E-state index contributed by atoms with van der Waals surface area (Å²) in [6.45, 7) is 7.60. The minimum Gasteiger partial charge on any atom is -0.494 e. The molecule has 1 aromatic carbocycles. The fourth-order valence-electron chi connectivity index (χ4n) is 2.35. The van der Waals surface area contributed by atoms with Gasteiger partial charge in [-0.05, 0) is 58.0 Å². The highest BCUT2D eigenvalue weighted by Gasteiger charge is 2.27. The van der Waals surface area contributed by atoms with Crippen LogP contribution in [0.4, 0.5) is 0 Å². The SMILES string of the molecule is CCOc1cc(-c2ccc(C(=O)OC(C)(C)C)o2)cc(P(=O)(OC)OC)c1. The molecule has 2 rings (SSSR count). The van der Waals surface area contributed by atoms with E-state index in [1.165, 1.54) is 20.3 Å². The highest BCUT2D eigenvalue weighted by molar-refractivity contribution is 7.62. The molecule has 0 atom stereocenters. The van der Waals surface area contributed by atoms with E-state index in [0.29, 0.717) is 29.0 Å². The van der Waals surface area contributed by atoms with E-state index >= 15 is 0 Å². The van der Waals surface area contributed by atoms with E-state index in [-0.39, 0.29) is 5.76 Å². The van der Waals surface area contributed by atoms with E-state index in [1.54, 1.807) is 45.0 Å². The number of carbonyl (C=O) groups excluding carboxylic acids is 1. The first-order chi connectivity index (χ1) is 12.6. The summed E-state index contributed by atoms with van der Waals surface area (Å²) in [5.41, 5.74) is -0.0598. The number of rotatable bonds is 7. The zero-order valence-corrected chi connectivity index (χ0v) is 17.3. The molecule has 7 nitrogen and oxygen atoms in total. The molecule has 0 fully saturated rings. The van der Waals surface area contributed by atoms with Gasteiger partial charge in [-0.3, -0.25) is 4.57 Å². The summed E-state index contributed by atoms with van der Waals surface area (Å²) < 4.78 is 39.4. The quantitative estimate of drug-likeness (QED) is 0.506. The van der Waals surface area contributed by atoms with Crippen LogP contribution >= 0.6 is 7.60 Å². The maximum Gasteiger partial charge on any atom is 0.374 e. The van der Waals surface area contributed by atoms with Crippen LogP contribution in [-0.4, -0.2) is 32.4 Å². The largest absolute Gasteiger partial charge is 0.494 e. The molecule has 0 aliphatic rings. The molecule has 0 amide bonds. The molecule has 0 saturated carbocycles. The maximum absolute atomic E-state index is 12.8. The van der Waals surface area contributed by atoms with Crippen molar-refractivity contribution in [1.29, 1.82) is 0 Å². The average Bonchev–Trinajstić information content (AvgIpc) is 3.10. The van der Waals surface area contributed by atoms with Crippen LogP contribution < -0.4 is 10.0 Å². The van der Waals surface area contributed by atoms with Gasteiger partial charge in [0, 0.05) is 19.8 Å². The second-order valence-corrected chi connectivity index (χ2v) is 8.92. The molecule has 0 spiro atoms. The van der Waals surface area contributed by atoms with Crippen molar-refractivity contribution in [1.82, 2.24) is 0 Å². The molecule has 8 heteroatoms. The van der Waals surface area contributed by atoms with Gasteiger partial charge >= 0.3 is 13.6 Å². The van der Waals surface area contributed by atoms with Gasteiger partial charge in [0.2, 0.25) is 5.76 Å². The van der Waals surface area contributed by atoms with Gasteiger partial charge in [0.05, 0.1) is 11.9 Å². The summed E-state index contributed by atoms with van der Waals surface area (Å²) in [6, 6.07) is 8.11. The summed E-state index contributed by atoms with van der Waals surface area (Å²) in [5.74, 6) is 0.395. The van der Waals surface area contributed by atoms with Crippen LogP contribution in [0.25, 0.3) is 11.3 Å². The van der Waals surface area contributed by atoms with Crippen LogP contribution in [0.1, 0.15) is 38.2 Å². The first kappa shape index (κ1) is 21.2. The molecule has 0 bridgehead atoms. The van der Waals surface area contributed by atoms with Gasteiger partial charge < -0.3 is 22.9 Å². The Morgan fingerprint density at radius 1 is 1.11 bits per heavy atom. The minimum absolute atomic E-state index is 0.0740. The molecule has 1 aromatic heterocycles. The van der Waals surface area contributed by atoms with Crippen molar-refractivity contribution in [2.45, 2.75) is 33.3 Å². The number of esters is 1. The van der Waals surface area contributed by atoms with Gasteiger partial charge in [-0.2, -0.15) is 0 Å². The lowest BCUT2D eigenvalue weighted by molar-refractivity contribution is 0.00368. The second kappa shape index (κ2) is 8.30.